The molecule has 0 bridgehead atoms. The van der Waals surface area contributed by atoms with E-state index >= 15 is 0 Å². The van der Waals surface area contributed by atoms with Crippen molar-refractivity contribution in [2.45, 2.75) is 45.1 Å². The molecule has 3 atom stereocenters. The average molecular weight is 239 g/mol. The Labute approximate surface area is 102 Å². The van der Waals surface area contributed by atoms with E-state index < -0.39 is 12.0 Å². The van der Waals surface area contributed by atoms with Crippen LogP contribution in [-0.4, -0.2) is 35.0 Å². The number of carbonyl (C=O) groups excluding carboxylic acids is 1. The Morgan fingerprint density at radius 3 is 2.24 bits per heavy atom. The van der Waals surface area contributed by atoms with E-state index in [1.54, 1.807) is 7.05 Å². The van der Waals surface area contributed by atoms with Crippen LogP contribution in [0.15, 0.2) is 0 Å². The van der Waals surface area contributed by atoms with E-state index in [-0.39, 0.29) is 11.8 Å². The minimum Gasteiger partial charge on any atom is -0.480 e. The van der Waals surface area contributed by atoms with Crippen molar-refractivity contribution < 1.29 is 14.7 Å². The van der Waals surface area contributed by atoms with E-state index in [4.69, 9.17) is 5.11 Å². The molecular formula is C13H21NO3. The van der Waals surface area contributed by atoms with E-state index in [0.717, 1.165) is 12.8 Å². The summed E-state index contributed by atoms with van der Waals surface area (Å²) in [6.45, 7) is 1.81. The Kier molecular flexibility index (Phi) is 3.40. The Bertz CT molecular complexity index is 317. The molecule has 96 valence electrons. The van der Waals surface area contributed by atoms with Gasteiger partial charge in [0.2, 0.25) is 5.91 Å². The molecule has 0 aromatic rings. The van der Waals surface area contributed by atoms with E-state index in [2.05, 4.69) is 0 Å². The first-order valence-corrected chi connectivity index (χ1v) is 6.57. The zero-order chi connectivity index (χ0) is 12.6. The molecule has 0 aromatic carbocycles. The van der Waals surface area contributed by atoms with Gasteiger partial charge in [0.25, 0.3) is 0 Å². The monoisotopic (exact) mass is 239 g/mol. The molecule has 2 fully saturated rings. The van der Waals surface area contributed by atoms with Gasteiger partial charge in [0, 0.05) is 13.0 Å². The van der Waals surface area contributed by atoms with Crippen LogP contribution >= 0.6 is 0 Å². The quantitative estimate of drug-likeness (QED) is 0.813. The molecular weight excluding hydrogens is 218 g/mol. The van der Waals surface area contributed by atoms with Gasteiger partial charge in [0.1, 0.15) is 6.04 Å². The van der Waals surface area contributed by atoms with Crippen molar-refractivity contribution >= 4 is 11.9 Å². The smallest absolute Gasteiger partial charge is 0.326 e. The largest absolute Gasteiger partial charge is 0.480 e. The van der Waals surface area contributed by atoms with Crippen molar-refractivity contribution in [3.8, 4) is 0 Å². The lowest BCUT2D eigenvalue weighted by Crippen LogP contribution is -2.43. The number of carboxylic acid groups (broad SMARTS) is 1. The molecule has 0 aromatic heterocycles. The maximum Gasteiger partial charge on any atom is 0.326 e. The number of nitrogens with zero attached hydrogens (tertiary/aromatic N) is 1. The van der Waals surface area contributed by atoms with Crippen LogP contribution in [0.5, 0.6) is 0 Å². The molecule has 17 heavy (non-hydrogen) atoms. The summed E-state index contributed by atoms with van der Waals surface area (Å²) in [6, 6.07) is -0.662. The Hall–Kier alpha value is -1.06. The second kappa shape index (κ2) is 4.67. The molecule has 4 nitrogen and oxygen atoms in total. The molecule has 2 saturated carbocycles. The molecule has 3 unspecified atom stereocenters. The zero-order valence-corrected chi connectivity index (χ0v) is 10.6. The highest BCUT2D eigenvalue weighted by Gasteiger charge is 2.56. The SMILES string of the molecule is CCC(C(=O)O)N(C)C(=O)C1C2CCCCC21. The van der Waals surface area contributed by atoms with Crippen molar-refractivity contribution in [1.82, 2.24) is 4.90 Å². The highest BCUT2D eigenvalue weighted by Crippen LogP contribution is 2.56. The van der Waals surface area contributed by atoms with Gasteiger partial charge >= 0.3 is 5.97 Å². The number of hydrogen-bond donors (Lipinski definition) is 1. The van der Waals surface area contributed by atoms with Gasteiger partial charge in [-0.2, -0.15) is 0 Å². The number of aliphatic carboxylic acids is 1. The number of carbonyl (C=O) groups is 2. The normalized spacial score (nSPS) is 32.5. The van der Waals surface area contributed by atoms with Crippen LogP contribution in [0.3, 0.4) is 0 Å². The summed E-state index contributed by atoms with van der Waals surface area (Å²) in [7, 11) is 1.63. The zero-order valence-electron chi connectivity index (χ0n) is 10.6. The van der Waals surface area contributed by atoms with Crippen molar-refractivity contribution in [1.29, 1.82) is 0 Å². The summed E-state index contributed by atoms with van der Waals surface area (Å²) >= 11 is 0. The van der Waals surface area contributed by atoms with Gasteiger partial charge in [-0.05, 0) is 31.1 Å². The van der Waals surface area contributed by atoms with Crippen LogP contribution in [-0.2, 0) is 9.59 Å². The van der Waals surface area contributed by atoms with Crippen LogP contribution in [0.25, 0.3) is 0 Å². The second-order valence-electron chi connectivity index (χ2n) is 5.35. The fourth-order valence-corrected chi connectivity index (χ4v) is 3.36. The minimum absolute atomic E-state index is 0.0520. The van der Waals surface area contributed by atoms with Crippen LogP contribution in [0, 0.1) is 17.8 Å². The predicted octanol–water partition coefficient (Wildman–Crippen LogP) is 1.74. The van der Waals surface area contributed by atoms with Gasteiger partial charge in [0.05, 0.1) is 0 Å². The third-order valence-electron chi connectivity index (χ3n) is 4.43. The van der Waals surface area contributed by atoms with E-state index in [1.165, 1.54) is 17.7 Å². The fraction of sp³-hybridized carbons (Fsp3) is 0.846. The van der Waals surface area contributed by atoms with Crippen LogP contribution in [0.1, 0.15) is 39.0 Å². The molecule has 1 amide bonds. The third-order valence-corrected chi connectivity index (χ3v) is 4.43. The average Bonchev–Trinajstić information content (AvgIpc) is 3.02. The van der Waals surface area contributed by atoms with Gasteiger partial charge in [-0.1, -0.05) is 19.8 Å². The molecule has 0 aliphatic heterocycles. The first-order chi connectivity index (χ1) is 8.07. The molecule has 0 saturated heterocycles. The Balaban J connectivity index is 1.98. The van der Waals surface area contributed by atoms with Crippen LogP contribution in [0.2, 0.25) is 0 Å². The van der Waals surface area contributed by atoms with Gasteiger partial charge in [-0.15, -0.1) is 0 Å². The van der Waals surface area contributed by atoms with E-state index in [0.29, 0.717) is 18.3 Å². The Morgan fingerprint density at radius 2 is 1.82 bits per heavy atom. The first kappa shape index (κ1) is 12.4. The van der Waals surface area contributed by atoms with Gasteiger partial charge in [-0.25, -0.2) is 4.79 Å². The number of likely N-dealkylation sites (N-methyl/N-ethyl adjacent to an activating group) is 1. The summed E-state index contributed by atoms with van der Waals surface area (Å²) in [6.07, 6.45) is 5.23. The van der Waals surface area contributed by atoms with Crippen molar-refractivity contribution in [3.63, 3.8) is 0 Å². The number of carboxylic acids is 1. The highest BCUT2D eigenvalue weighted by atomic mass is 16.4. The number of amides is 1. The summed E-state index contributed by atoms with van der Waals surface area (Å²) in [5.41, 5.74) is 0. The molecule has 4 heteroatoms. The number of rotatable bonds is 4. The Morgan fingerprint density at radius 1 is 1.29 bits per heavy atom. The van der Waals surface area contributed by atoms with Gasteiger partial charge < -0.3 is 10.0 Å². The molecule has 1 N–H and O–H groups in total. The standard InChI is InChI=1S/C13H21NO3/c1-3-10(13(16)17)14(2)12(15)11-8-6-4-5-7-9(8)11/h8-11H,3-7H2,1-2H3,(H,16,17). The molecule has 0 spiro atoms. The lowest BCUT2D eigenvalue weighted by molar-refractivity contribution is -0.149. The summed E-state index contributed by atoms with van der Waals surface area (Å²) < 4.78 is 0. The molecule has 2 aliphatic carbocycles. The topological polar surface area (TPSA) is 57.6 Å². The van der Waals surface area contributed by atoms with Crippen LogP contribution in [0.4, 0.5) is 0 Å². The molecule has 0 radical (unpaired) electrons. The highest BCUT2D eigenvalue weighted by molar-refractivity contribution is 5.87. The number of hydrogen-bond acceptors (Lipinski definition) is 2. The van der Waals surface area contributed by atoms with Crippen LogP contribution < -0.4 is 0 Å². The molecule has 2 rings (SSSR count). The molecule has 2 aliphatic rings. The maximum atomic E-state index is 12.2. The van der Waals surface area contributed by atoms with E-state index in [9.17, 15) is 9.59 Å². The second-order valence-corrected chi connectivity index (χ2v) is 5.35. The van der Waals surface area contributed by atoms with Crippen molar-refractivity contribution in [2.24, 2.45) is 17.8 Å². The van der Waals surface area contributed by atoms with Gasteiger partial charge in [0.15, 0.2) is 0 Å². The molecule has 0 heterocycles. The maximum absolute atomic E-state index is 12.2. The minimum atomic E-state index is -0.896. The lowest BCUT2D eigenvalue weighted by atomic mass is 10.0. The number of fused-ring (bicyclic) bond motifs is 1. The predicted molar refractivity (Wildman–Crippen MR) is 63.4 cm³/mol. The summed E-state index contributed by atoms with van der Waals surface area (Å²) in [4.78, 5) is 24.7. The summed E-state index contributed by atoms with van der Waals surface area (Å²) in [5, 5.41) is 9.06. The summed E-state index contributed by atoms with van der Waals surface area (Å²) in [5.74, 6) is 0.369. The third kappa shape index (κ3) is 2.17. The lowest BCUT2D eigenvalue weighted by Gasteiger charge is -2.24. The fourth-order valence-electron chi connectivity index (χ4n) is 3.36. The van der Waals surface area contributed by atoms with Crippen molar-refractivity contribution in [2.75, 3.05) is 7.05 Å². The first-order valence-electron chi connectivity index (χ1n) is 6.57. The van der Waals surface area contributed by atoms with E-state index in [1.807, 2.05) is 6.92 Å². The van der Waals surface area contributed by atoms with Gasteiger partial charge in [-0.3, -0.25) is 4.79 Å². The van der Waals surface area contributed by atoms with Crippen molar-refractivity contribution in [3.05, 3.63) is 0 Å².